The van der Waals surface area contributed by atoms with Gasteiger partial charge in [-0.15, -0.1) is 0 Å². The van der Waals surface area contributed by atoms with Gasteiger partial charge in [0.05, 0.1) is 10.5 Å². The Morgan fingerprint density at radius 3 is 2.35 bits per heavy atom. The molecule has 2 aromatic carbocycles. The molecule has 6 nitrogen and oxygen atoms in total. The van der Waals surface area contributed by atoms with Crippen LogP contribution in [0.1, 0.15) is 21.5 Å². The normalized spacial score (nSPS) is 10.3. The molecule has 0 radical (unpaired) electrons. The number of nitrogens with zero attached hydrogens (tertiary/aromatic N) is 2. The molecule has 0 atom stereocenters. The summed E-state index contributed by atoms with van der Waals surface area (Å²) in [6.45, 7) is 3.88. The van der Waals surface area contributed by atoms with E-state index in [-0.39, 0.29) is 11.3 Å². The third-order valence-electron chi connectivity index (χ3n) is 3.58. The molecule has 0 saturated heterocycles. The lowest BCUT2D eigenvalue weighted by atomic mass is 10.1. The van der Waals surface area contributed by atoms with E-state index in [4.69, 9.17) is 4.74 Å². The lowest BCUT2D eigenvalue weighted by molar-refractivity contribution is -0.384. The van der Waals surface area contributed by atoms with Crippen molar-refractivity contribution >= 4 is 17.3 Å². The van der Waals surface area contributed by atoms with Crippen LogP contribution in [0.2, 0.25) is 0 Å². The fourth-order valence-corrected chi connectivity index (χ4v) is 2.12. The number of nitro benzene ring substituents is 1. The predicted molar refractivity (Wildman–Crippen MR) is 88.3 cm³/mol. The third kappa shape index (κ3) is 3.66. The minimum absolute atomic E-state index is 0.135. The Balaban J connectivity index is 2.30. The van der Waals surface area contributed by atoms with Crippen LogP contribution in [-0.4, -0.2) is 25.0 Å². The molecule has 2 aromatic rings. The first-order valence-corrected chi connectivity index (χ1v) is 7.05. The number of ether oxygens (including phenoxy) is 1. The molecule has 6 heteroatoms. The van der Waals surface area contributed by atoms with Crippen LogP contribution in [0.4, 0.5) is 11.4 Å². The van der Waals surface area contributed by atoms with Gasteiger partial charge in [0.1, 0.15) is 11.4 Å². The summed E-state index contributed by atoms with van der Waals surface area (Å²) in [7, 11) is 3.41. The van der Waals surface area contributed by atoms with Crippen molar-refractivity contribution in [2.75, 3.05) is 19.0 Å². The van der Waals surface area contributed by atoms with Crippen molar-refractivity contribution in [3.05, 3.63) is 63.2 Å². The molecule has 0 heterocycles. The summed E-state index contributed by atoms with van der Waals surface area (Å²) in [5, 5.41) is 11.2. The molecule has 0 N–H and O–H groups in total. The highest BCUT2D eigenvalue weighted by atomic mass is 16.6. The van der Waals surface area contributed by atoms with Crippen LogP contribution in [0.5, 0.6) is 5.75 Å². The Kier molecular flexibility index (Phi) is 4.64. The largest absolute Gasteiger partial charge is 0.423 e. The number of benzene rings is 2. The number of rotatable bonds is 4. The molecule has 120 valence electrons. The van der Waals surface area contributed by atoms with Crippen LogP contribution in [-0.2, 0) is 0 Å². The molecule has 0 aliphatic heterocycles. The number of carbonyl (C=O) groups excluding carboxylic acids is 1. The smallest absolute Gasteiger partial charge is 0.343 e. The number of aryl methyl sites for hydroxylation is 2. The van der Waals surface area contributed by atoms with E-state index >= 15 is 0 Å². The first-order chi connectivity index (χ1) is 10.8. The molecule has 0 unspecified atom stereocenters. The van der Waals surface area contributed by atoms with Crippen LogP contribution in [0.3, 0.4) is 0 Å². The van der Waals surface area contributed by atoms with Gasteiger partial charge in [0.15, 0.2) is 0 Å². The molecule has 0 aromatic heterocycles. The molecule has 0 saturated carbocycles. The summed E-state index contributed by atoms with van der Waals surface area (Å²) in [5.74, 6) is -0.209. The van der Waals surface area contributed by atoms with Gasteiger partial charge in [-0.3, -0.25) is 10.1 Å². The Morgan fingerprint density at radius 1 is 1.09 bits per heavy atom. The molecule has 0 aliphatic rings. The van der Waals surface area contributed by atoms with E-state index in [1.807, 2.05) is 19.9 Å². The molecule has 23 heavy (non-hydrogen) atoms. The zero-order valence-corrected chi connectivity index (χ0v) is 13.5. The van der Waals surface area contributed by atoms with E-state index < -0.39 is 10.9 Å². The van der Waals surface area contributed by atoms with Crippen molar-refractivity contribution in [2.45, 2.75) is 13.8 Å². The fourth-order valence-electron chi connectivity index (χ4n) is 2.12. The Labute approximate surface area is 134 Å². The second kappa shape index (κ2) is 6.48. The average molecular weight is 314 g/mol. The average Bonchev–Trinajstić information content (AvgIpc) is 2.50. The van der Waals surface area contributed by atoms with Crippen LogP contribution in [0, 0.1) is 24.0 Å². The first kappa shape index (κ1) is 16.5. The molecular formula is C17H18N2O4. The minimum atomic E-state index is -0.623. The van der Waals surface area contributed by atoms with Crippen LogP contribution in [0.25, 0.3) is 0 Å². The van der Waals surface area contributed by atoms with Crippen LogP contribution < -0.4 is 9.64 Å². The predicted octanol–water partition coefficient (Wildman–Crippen LogP) is 3.50. The summed E-state index contributed by atoms with van der Waals surface area (Å²) in [6.07, 6.45) is 0. The molecule has 0 amide bonds. The van der Waals surface area contributed by atoms with Crippen LogP contribution in [0.15, 0.2) is 36.4 Å². The molecule has 0 aliphatic carbocycles. The van der Waals surface area contributed by atoms with Crippen molar-refractivity contribution in [3.8, 4) is 5.75 Å². The van der Waals surface area contributed by atoms with Crippen molar-refractivity contribution in [1.29, 1.82) is 0 Å². The lowest BCUT2D eigenvalue weighted by Gasteiger charge is -2.13. The van der Waals surface area contributed by atoms with E-state index in [9.17, 15) is 14.9 Å². The van der Waals surface area contributed by atoms with Crippen molar-refractivity contribution in [1.82, 2.24) is 0 Å². The third-order valence-corrected chi connectivity index (χ3v) is 3.58. The number of hydrogen-bond donors (Lipinski definition) is 0. The van der Waals surface area contributed by atoms with Crippen molar-refractivity contribution < 1.29 is 14.5 Å². The maximum absolute atomic E-state index is 12.2. The molecule has 0 spiro atoms. The van der Waals surface area contributed by atoms with Crippen molar-refractivity contribution in [3.63, 3.8) is 0 Å². The van der Waals surface area contributed by atoms with Gasteiger partial charge in [-0.05, 0) is 49.2 Å². The van der Waals surface area contributed by atoms with Gasteiger partial charge in [-0.1, -0.05) is 6.07 Å². The molecule has 2 rings (SSSR count). The maximum Gasteiger partial charge on any atom is 0.343 e. The zero-order valence-electron chi connectivity index (χ0n) is 13.5. The highest BCUT2D eigenvalue weighted by Gasteiger charge is 2.20. The number of nitro groups is 1. The van der Waals surface area contributed by atoms with Gasteiger partial charge in [0.2, 0.25) is 0 Å². The van der Waals surface area contributed by atoms with Gasteiger partial charge >= 0.3 is 5.97 Å². The van der Waals surface area contributed by atoms with Crippen molar-refractivity contribution in [2.24, 2.45) is 0 Å². The number of carbonyl (C=O) groups is 1. The fraction of sp³-hybridized carbons (Fsp3) is 0.235. The Bertz CT molecular complexity index is 769. The van der Waals surface area contributed by atoms with E-state index in [0.29, 0.717) is 11.4 Å². The number of hydrogen-bond acceptors (Lipinski definition) is 5. The summed E-state index contributed by atoms with van der Waals surface area (Å²) in [4.78, 5) is 24.5. The zero-order chi connectivity index (χ0) is 17.1. The van der Waals surface area contributed by atoms with Gasteiger partial charge in [0.25, 0.3) is 5.69 Å². The van der Waals surface area contributed by atoms with Gasteiger partial charge in [-0.2, -0.15) is 0 Å². The van der Waals surface area contributed by atoms with Crippen LogP contribution >= 0.6 is 0 Å². The van der Waals surface area contributed by atoms with E-state index in [2.05, 4.69) is 0 Å². The summed E-state index contributed by atoms with van der Waals surface area (Å²) in [5.41, 5.74) is 2.53. The van der Waals surface area contributed by atoms with E-state index in [0.717, 1.165) is 11.1 Å². The quantitative estimate of drug-likeness (QED) is 0.374. The number of anilines is 1. The SMILES string of the molecule is Cc1ccc(OC(=O)c2ccc(N(C)C)c([N+](=O)[O-])c2)cc1C. The second-order valence-electron chi connectivity index (χ2n) is 5.49. The molecule has 0 bridgehead atoms. The summed E-state index contributed by atoms with van der Waals surface area (Å²) < 4.78 is 5.30. The standard InChI is InChI=1S/C17H18N2O4/c1-11-5-7-14(9-12(11)2)23-17(20)13-6-8-15(18(3)4)16(10-13)19(21)22/h5-10H,1-4H3. The topological polar surface area (TPSA) is 72.7 Å². The Hall–Kier alpha value is -2.89. The highest BCUT2D eigenvalue weighted by molar-refractivity contribution is 5.93. The highest BCUT2D eigenvalue weighted by Crippen LogP contribution is 2.28. The van der Waals surface area contributed by atoms with E-state index in [1.54, 1.807) is 31.1 Å². The second-order valence-corrected chi connectivity index (χ2v) is 5.49. The monoisotopic (exact) mass is 314 g/mol. The maximum atomic E-state index is 12.2. The molecule has 0 fully saturated rings. The first-order valence-electron chi connectivity index (χ1n) is 7.05. The van der Waals surface area contributed by atoms with Gasteiger partial charge in [-0.25, -0.2) is 4.79 Å². The minimum Gasteiger partial charge on any atom is -0.423 e. The summed E-state index contributed by atoms with van der Waals surface area (Å²) >= 11 is 0. The summed E-state index contributed by atoms with van der Waals surface area (Å²) in [6, 6.07) is 9.60. The number of esters is 1. The Morgan fingerprint density at radius 2 is 1.78 bits per heavy atom. The lowest BCUT2D eigenvalue weighted by Crippen LogP contribution is -2.13. The van der Waals surface area contributed by atoms with Gasteiger partial charge < -0.3 is 9.64 Å². The molecular weight excluding hydrogens is 296 g/mol. The van der Waals surface area contributed by atoms with E-state index in [1.165, 1.54) is 18.2 Å². The van der Waals surface area contributed by atoms with Gasteiger partial charge in [0, 0.05) is 20.2 Å².